The van der Waals surface area contributed by atoms with Gasteiger partial charge in [0.1, 0.15) is 0 Å². The molecule has 0 fully saturated rings. The van der Waals surface area contributed by atoms with Crippen molar-refractivity contribution in [3.8, 4) is 0 Å². The van der Waals surface area contributed by atoms with Gasteiger partial charge in [-0.1, -0.05) is 72.3 Å². The molecule has 0 bridgehead atoms. The number of hydrogen-bond acceptors (Lipinski definition) is 2. The Morgan fingerprint density at radius 2 is 0.912 bits per heavy atom. The number of rotatable bonds is 2. The number of halogens is 1. The number of anilines is 6. The first-order chi connectivity index (χ1) is 16.8. The minimum Gasteiger partial charge on any atom is -0.311 e. The first-order valence-electron chi connectivity index (χ1n) is 11.5. The van der Waals surface area contributed by atoms with E-state index in [2.05, 4.69) is 119 Å². The highest BCUT2D eigenvalue weighted by atomic mass is 35.5. The molecule has 0 saturated carbocycles. The van der Waals surface area contributed by atoms with Crippen molar-refractivity contribution in [1.29, 1.82) is 0 Å². The molecule has 0 radical (unpaired) electrons. The van der Waals surface area contributed by atoms with Gasteiger partial charge in [0, 0.05) is 39.1 Å². The third kappa shape index (κ3) is 2.77. The van der Waals surface area contributed by atoms with Gasteiger partial charge in [-0.05, 0) is 77.1 Å². The van der Waals surface area contributed by atoms with Gasteiger partial charge in [-0.3, -0.25) is 0 Å². The molecule has 4 heteroatoms. The van der Waals surface area contributed by atoms with Crippen molar-refractivity contribution in [3.63, 3.8) is 0 Å². The topological polar surface area (TPSA) is 6.48 Å². The Kier molecular flexibility index (Phi) is 4.33. The summed E-state index contributed by atoms with van der Waals surface area (Å²) in [5, 5.41) is 0.742. The lowest BCUT2D eigenvalue weighted by Gasteiger charge is -2.44. The maximum Gasteiger partial charge on any atom is 0.252 e. The van der Waals surface area contributed by atoms with Crippen molar-refractivity contribution < 1.29 is 0 Å². The van der Waals surface area contributed by atoms with Crippen LogP contribution in [0.1, 0.15) is 0 Å². The lowest BCUT2D eigenvalue weighted by atomic mass is 9.33. The van der Waals surface area contributed by atoms with Crippen LogP contribution in [0.5, 0.6) is 0 Å². The Labute approximate surface area is 204 Å². The number of benzene rings is 5. The molecule has 0 spiro atoms. The van der Waals surface area contributed by atoms with Crippen molar-refractivity contribution in [2.24, 2.45) is 0 Å². The summed E-state index contributed by atoms with van der Waals surface area (Å²) in [6.07, 6.45) is 0. The summed E-state index contributed by atoms with van der Waals surface area (Å²) in [4.78, 5) is 4.77. The summed E-state index contributed by atoms with van der Waals surface area (Å²) >= 11 is 6.25. The van der Waals surface area contributed by atoms with Crippen molar-refractivity contribution in [2.75, 3.05) is 9.80 Å². The predicted octanol–water partition coefficient (Wildman–Crippen LogP) is 6.42. The van der Waals surface area contributed by atoms with E-state index in [1.54, 1.807) is 0 Å². The van der Waals surface area contributed by atoms with Gasteiger partial charge in [-0.25, -0.2) is 0 Å². The second-order valence-electron chi connectivity index (χ2n) is 8.74. The summed E-state index contributed by atoms with van der Waals surface area (Å²) < 4.78 is 0. The Balaban J connectivity index is 1.56. The van der Waals surface area contributed by atoms with Crippen LogP contribution in [-0.2, 0) is 0 Å². The molecule has 2 nitrogen and oxygen atoms in total. The lowest BCUT2D eigenvalue weighted by molar-refractivity contribution is 1.25. The molecule has 7 rings (SSSR count). The maximum absolute atomic E-state index is 6.25. The van der Waals surface area contributed by atoms with E-state index in [1.807, 2.05) is 12.1 Å². The van der Waals surface area contributed by atoms with E-state index >= 15 is 0 Å². The molecular weight excluding hydrogens is 435 g/mol. The zero-order chi connectivity index (χ0) is 22.6. The number of hydrogen-bond donors (Lipinski definition) is 0. The molecular formula is C30H20BClN2. The smallest absolute Gasteiger partial charge is 0.252 e. The molecule has 5 aromatic rings. The highest BCUT2D eigenvalue weighted by Crippen LogP contribution is 2.43. The largest absolute Gasteiger partial charge is 0.311 e. The van der Waals surface area contributed by atoms with E-state index in [4.69, 9.17) is 11.6 Å². The van der Waals surface area contributed by atoms with Crippen LogP contribution >= 0.6 is 11.6 Å². The maximum atomic E-state index is 6.25. The SMILES string of the molecule is Clc1ccc(N2c3ccccc3B3c4ccccc4N(c4ccccc4)c4cccc2c43)cc1. The molecule has 2 heterocycles. The van der Waals surface area contributed by atoms with Gasteiger partial charge >= 0.3 is 0 Å². The van der Waals surface area contributed by atoms with Gasteiger partial charge in [0.05, 0.1) is 0 Å². The average molecular weight is 455 g/mol. The van der Waals surface area contributed by atoms with E-state index in [0.717, 1.165) is 10.7 Å². The zero-order valence-electron chi connectivity index (χ0n) is 18.4. The predicted molar refractivity (Wildman–Crippen MR) is 145 cm³/mol. The minimum absolute atomic E-state index is 0.169. The van der Waals surface area contributed by atoms with Crippen molar-refractivity contribution >= 4 is 68.8 Å². The average Bonchev–Trinajstić information content (AvgIpc) is 2.90. The van der Waals surface area contributed by atoms with Crippen LogP contribution < -0.4 is 26.2 Å². The van der Waals surface area contributed by atoms with E-state index in [0.29, 0.717) is 0 Å². The molecule has 0 aromatic heterocycles. The standard InChI is InChI=1S/C30H20BClN2/c32-21-17-19-23(20-18-21)34-27-14-7-5-12-25(27)31-24-11-4-6-13-26(24)33(22-9-2-1-3-10-22)28-15-8-16-29(34)30(28)31/h1-20H. The van der Waals surface area contributed by atoms with Gasteiger partial charge in [-0.15, -0.1) is 0 Å². The van der Waals surface area contributed by atoms with E-state index in [9.17, 15) is 0 Å². The number of fused-ring (bicyclic) bond motifs is 4. The first kappa shape index (κ1) is 19.5. The quantitative estimate of drug-likeness (QED) is 0.278. The van der Waals surface area contributed by atoms with Gasteiger partial charge in [0.25, 0.3) is 6.71 Å². The summed E-state index contributed by atoms with van der Waals surface area (Å²) in [7, 11) is 0. The molecule has 0 saturated heterocycles. The molecule has 34 heavy (non-hydrogen) atoms. The van der Waals surface area contributed by atoms with E-state index in [1.165, 1.54) is 44.8 Å². The zero-order valence-corrected chi connectivity index (χ0v) is 19.2. The third-order valence-electron chi connectivity index (χ3n) is 6.91. The summed E-state index contributed by atoms with van der Waals surface area (Å²) in [5.74, 6) is 0. The Hall–Kier alpha value is -3.95. The Morgan fingerprint density at radius 3 is 1.50 bits per heavy atom. The van der Waals surface area contributed by atoms with E-state index in [-0.39, 0.29) is 6.71 Å². The Bertz CT molecular complexity index is 1530. The fourth-order valence-corrected chi connectivity index (χ4v) is 5.69. The minimum atomic E-state index is 0.169. The van der Waals surface area contributed by atoms with Crippen LogP contribution in [0.15, 0.2) is 121 Å². The van der Waals surface area contributed by atoms with Crippen LogP contribution in [0, 0.1) is 0 Å². The summed E-state index contributed by atoms with van der Waals surface area (Å²) in [6, 6.07) is 43.1. The fourth-order valence-electron chi connectivity index (χ4n) is 5.56. The molecule has 0 unspecified atom stereocenters. The van der Waals surface area contributed by atoms with Crippen molar-refractivity contribution in [3.05, 3.63) is 126 Å². The fraction of sp³-hybridized carbons (Fsp3) is 0. The highest BCUT2D eigenvalue weighted by Gasteiger charge is 2.42. The van der Waals surface area contributed by atoms with Crippen molar-refractivity contribution in [2.45, 2.75) is 0 Å². The van der Waals surface area contributed by atoms with Gasteiger partial charge in [0.2, 0.25) is 0 Å². The normalized spacial score (nSPS) is 13.3. The number of para-hydroxylation sites is 3. The molecule has 0 aliphatic carbocycles. The lowest BCUT2D eigenvalue weighted by Crippen LogP contribution is -2.61. The number of nitrogens with zero attached hydrogens (tertiary/aromatic N) is 2. The van der Waals surface area contributed by atoms with Gasteiger partial charge < -0.3 is 9.80 Å². The van der Waals surface area contributed by atoms with Gasteiger partial charge in [-0.2, -0.15) is 0 Å². The molecule has 0 N–H and O–H groups in total. The third-order valence-corrected chi connectivity index (χ3v) is 7.16. The van der Waals surface area contributed by atoms with Crippen LogP contribution in [0.3, 0.4) is 0 Å². The summed E-state index contributed by atoms with van der Waals surface area (Å²) in [5.41, 5.74) is 11.1. The van der Waals surface area contributed by atoms with Crippen LogP contribution in [0.4, 0.5) is 34.1 Å². The molecule has 5 aromatic carbocycles. The van der Waals surface area contributed by atoms with Crippen molar-refractivity contribution in [1.82, 2.24) is 0 Å². The molecule has 2 aliphatic heterocycles. The second kappa shape index (κ2) is 7.54. The van der Waals surface area contributed by atoms with Gasteiger partial charge in [0.15, 0.2) is 0 Å². The van der Waals surface area contributed by atoms with Crippen LogP contribution in [0.25, 0.3) is 0 Å². The highest BCUT2D eigenvalue weighted by molar-refractivity contribution is 7.00. The first-order valence-corrected chi connectivity index (χ1v) is 11.9. The van der Waals surface area contributed by atoms with E-state index < -0.39 is 0 Å². The molecule has 160 valence electrons. The molecule has 0 atom stereocenters. The summed E-state index contributed by atoms with van der Waals surface area (Å²) in [6.45, 7) is 0.169. The van der Waals surface area contributed by atoms with Crippen LogP contribution in [0.2, 0.25) is 5.02 Å². The van der Waals surface area contributed by atoms with Crippen LogP contribution in [-0.4, -0.2) is 6.71 Å². The molecule has 0 amide bonds. The Morgan fingerprint density at radius 1 is 0.441 bits per heavy atom. The molecule has 2 aliphatic rings. The monoisotopic (exact) mass is 454 g/mol. The second-order valence-corrected chi connectivity index (χ2v) is 9.18.